The van der Waals surface area contributed by atoms with Gasteiger partial charge >= 0.3 is 0 Å². The summed E-state index contributed by atoms with van der Waals surface area (Å²) in [5, 5.41) is 14.0. The van der Waals surface area contributed by atoms with Crippen LogP contribution in [0.1, 0.15) is 30.7 Å². The van der Waals surface area contributed by atoms with E-state index in [4.69, 9.17) is 20.2 Å². The molecule has 0 aliphatic carbocycles. The summed E-state index contributed by atoms with van der Waals surface area (Å²) in [5.41, 5.74) is -0.613. The van der Waals surface area contributed by atoms with Crippen LogP contribution in [0.25, 0.3) is 0 Å². The third-order valence-electron chi connectivity index (χ3n) is 4.86. The fourth-order valence-electron chi connectivity index (χ4n) is 3.69. The zero-order chi connectivity index (χ0) is 14.2. The fraction of sp³-hybridized carbons (Fsp3) is 0.714. The van der Waals surface area contributed by atoms with Crippen LogP contribution in [0.2, 0.25) is 0 Å². The van der Waals surface area contributed by atoms with Gasteiger partial charge in [0.1, 0.15) is 5.60 Å². The molecule has 2 bridgehead atoms. The van der Waals surface area contributed by atoms with Crippen molar-refractivity contribution < 1.29 is 9.50 Å². The molecule has 0 aromatic carbocycles. The van der Waals surface area contributed by atoms with Gasteiger partial charge in [-0.05, 0) is 30.5 Å². The Morgan fingerprint density at radius 1 is 1.55 bits per heavy atom. The minimum atomic E-state index is -0.613. The van der Waals surface area contributed by atoms with Crippen LogP contribution in [0.4, 0.5) is 0 Å². The number of rotatable bonds is 5. The van der Waals surface area contributed by atoms with Crippen molar-refractivity contribution in [3.63, 3.8) is 0 Å². The van der Waals surface area contributed by atoms with Crippen LogP contribution in [0.5, 0.6) is 0 Å². The highest BCUT2D eigenvalue weighted by atomic mass is 32.1. The minimum absolute atomic E-state index is 0.411. The Hall–Kier alpha value is -0.295. The van der Waals surface area contributed by atoms with E-state index < -0.39 is 5.60 Å². The van der Waals surface area contributed by atoms with Crippen LogP contribution in [0, 0.1) is 5.92 Å². The second-order valence-electron chi connectivity index (χ2n) is 6.34. The third-order valence-corrected chi connectivity index (χ3v) is 5.99. The van der Waals surface area contributed by atoms with E-state index >= 15 is 0 Å². The van der Waals surface area contributed by atoms with Crippen molar-refractivity contribution in [2.45, 2.75) is 37.7 Å². The van der Waals surface area contributed by atoms with Gasteiger partial charge < -0.3 is 9.50 Å². The molecule has 3 radical (unpaired) electrons. The molecule has 0 spiro atoms. The summed E-state index contributed by atoms with van der Waals surface area (Å²) in [6.45, 7) is 2.71. The summed E-state index contributed by atoms with van der Waals surface area (Å²) in [6.07, 6.45) is 6.21. The van der Waals surface area contributed by atoms with Crippen LogP contribution < -0.4 is 0 Å². The van der Waals surface area contributed by atoms with Gasteiger partial charge in [-0.2, -0.15) is 0 Å². The molecule has 1 unspecified atom stereocenters. The van der Waals surface area contributed by atoms with Crippen molar-refractivity contribution >= 4 is 36.4 Å². The number of thiazole rings is 1. The second-order valence-corrected chi connectivity index (χ2v) is 7.90. The summed E-state index contributed by atoms with van der Waals surface area (Å²) >= 11 is 7.09. The van der Waals surface area contributed by atoms with E-state index in [9.17, 15) is 5.11 Å². The Bertz CT molecular complexity index is 485. The molecule has 1 aromatic heterocycles. The summed E-state index contributed by atoms with van der Waals surface area (Å²) in [5.74, 6) is 0.411. The molecule has 3 saturated heterocycles. The maximum Gasteiger partial charge on any atom is 0.113 e. The summed E-state index contributed by atoms with van der Waals surface area (Å²) < 4.78 is 0.548. The Balaban J connectivity index is 1.56. The number of aliphatic hydroxyl groups is 1. The molecule has 6 heteroatoms. The largest absolute Gasteiger partial charge is 0.586 e. The molecule has 1 N–H and O–H groups in total. The van der Waals surface area contributed by atoms with E-state index in [0.717, 1.165) is 55.1 Å². The number of thiocarbonyl (C=S) groups is 1. The van der Waals surface area contributed by atoms with Gasteiger partial charge in [0.2, 0.25) is 0 Å². The van der Waals surface area contributed by atoms with E-state index in [1.54, 1.807) is 11.3 Å². The molecule has 20 heavy (non-hydrogen) atoms. The Labute approximate surface area is 131 Å². The number of piperidine rings is 3. The highest BCUT2D eigenvalue weighted by Gasteiger charge is 2.47. The Kier molecular flexibility index (Phi) is 4.01. The molecule has 4 heterocycles. The van der Waals surface area contributed by atoms with E-state index in [0.29, 0.717) is 16.9 Å². The first-order valence-electron chi connectivity index (χ1n) is 7.26. The maximum atomic E-state index is 10.9. The van der Waals surface area contributed by atoms with Crippen molar-refractivity contribution in [1.82, 2.24) is 4.98 Å². The molecular weight excluding hydrogens is 287 g/mol. The van der Waals surface area contributed by atoms with Crippen LogP contribution in [-0.2, 0) is 6.42 Å². The van der Waals surface area contributed by atoms with Crippen molar-refractivity contribution in [1.29, 1.82) is 0 Å². The van der Waals surface area contributed by atoms with Crippen LogP contribution >= 0.6 is 23.6 Å². The average Bonchev–Trinajstić information content (AvgIpc) is 2.89. The van der Waals surface area contributed by atoms with Crippen molar-refractivity contribution in [3.05, 3.63) is 16.6 Å². The molecule has 107 valence electrons. The van der Waals surface area contributed by atoms with Gasteiger partial charge in [-0.25, -0.2) is 13.0 Å². The lowest BCUT2D eigenvalue weighted by molar-refractivity contribution is -0.846. The SMILES string of the molecule is [B-][N+]12CCC(CC1)C(O)(CCC(=S)Cc1nccs1)C2. The Morgan fingerprint density at radius 3 is 2.90 bits per heavy atom. The Morgan fingerprint density at radius 2 is 2.30 bits per heavy atom. The number of hydrogen-bond donors (Lipinski definition) is 1. The monoisotopic (exact) mass is 307 g/mol. The molecule has 3 aliphatic rings. The molecular formula is C14H20BN2OS2. The first-order chi connectivity index (χ1) is 9.49. The predicted molar refractivity (Wildman–Crippen MR) is 85.9 cm³/mol. The zero-order valence-electron chi connectivity index (χ0n) is 11.6. The first-order valence-corrected chi connectivity index (χ1v) is 8.55. The number of hydrogen-bond acceptors (Lipinski definition) is 4. The lowest BCUT2D eigenvalue weighted by Crippen LogP contribution is -2.68. The normalized spacial score (nSPS) is 36.2. The van der Waals surface area contributed by atoms with E-state index in [-0.39, 0.29) is 0 Å². The van der Waals surface area contributed by atoms with Gasteiger partial charge in [0.15, 0.2) is 0 Å². The van der Waals surface area contributed by atoms with Gasteiger partial charge in [0.25, 0.3) is 0 Å². The highest BCUT2D eigenvalue weighted by molar-refractivity contribution is 7.80. The van der Waals surface area contributed by atoms with Gasteiger partial charge in [-0.1, -0.05) is 12.2 Å². The van der Waals surface area contributed by atoms with Crippen molar-refractivity contribution in [2.75, 3.05) is 19.6 Å². The predicted octanol–water partition coefficient (Wildman–Crippen LogP) is 1.89. The quantitative estimate of drug-likeness (QED) is 0.666. The second kappa shape index (κ2) is 5.48. The number of aromatic nitrogens is 1. The van der Waals surface area contributed by atoms with E-state index in [1.807, 2.05) is 11.6 Å². The summed E-state index contributed by atoms with van der Waals surface area (Å²) in [6, 6.07) is 0. The molecule has 0 saturated carbocycles. The van der Waals surface area contributed by atoms with Gasteiger partial charge in [-0.15, -0.1) is 11.3 Å². The van der Waals surface area contributed by atoms with Crippen LogP contribution in [0.15, 0.2) is 11.6 Å². The van der Waals surface area contributed by atoms with E-state index in [1.165, 1.54) is 0 Å². The average molecular weight is 307 g/mol. The smallest absolute Gasteiger partial charge is 0.113 e. The first kappa shape index (κ1) is 14.6. The lowest BCUT2D eigenvalue weighted by atomic mass is 9.69. The molecule has 4 rings (SSSR count). The topological polar surface area (TPSA) is 33.1 Å². The standard InChI is InChI=1S/C14H20BN2OS2/c15-17-6-2-11(3-7-17)14(18,10-17)4-1-12(19)9-13-16-5-8-20-13/h5,8,11,18H,1-4,6-7,9-10H2. The lowest BCUT2D eigenvalue weighted by Gasteiger charge is -2.64. The fourth-order valence-corrected chi connectivity index (χ4v) is 4.68. The maximum absolute atomic E-state index is 10.9. The van der Waals surface area contributed by atoms with Gasteiger partial charge in [-0.3, -0.25) is 0 Å². The third kappa shape index (κ3) is 2.98. The van der Waals surface area contributed by atoms with Gasteiger partial charge in [0.05, 0.1) is 11.6 Å². The number of fused-ring (bicyclic) bond motifs is 3. The van der Waals surface area contributed by atoms with Crippen molar-refractivity contribution in [2.24, 2.45) is 5.92 Å². The summed E-state index contributed by atoms with van der Waals surface area (Å²) in [4.78, 5) is 5.26. The van der Waals surface area contributed by atoms with Gasteiger partial charge in [0, 0.05) is 37.0 Å². The van der Waals surface area contributed by atoms with Crippen LogP contribution in [-0.4, -0.2) is 52.6 Å². The zero-order valence-corrected chi connectivity index (χ0v) is 13.3. The molecule has 3 nitrogen and oxygen atoms in total. The van der Waals surface area contributed by atoms with Crippen LogP contribution in [0.3, 0.4) is 0 Å². The van der Waals surface area contributed by atoms with Crippen molar-refractivity contribution in [3.8, 4) is 0 Å². The molecule has 1 aromatic rings. The molecule has 3 aliphatic heterocycles. The molecule has 0 amide bonds. The minimum Gasteiger partial charge on any atom is -0.586 e. The molecule has 3 fully saturated rings. The van der Waals surface area contributed by atoms with E-state index in [2.05, 4.69) is 4.98 Å². The highest BCUT2D eigenvalue weighted by Crippen LogP contribution is 2.41. The number of nitrogens with zero attached hydrogens (tertiary/aromatic N) is 2. The molecule has 1 atom stereocenters. The number of quaternary nitrogens is 1. The summed E-state index contributed by atoms with van der Waals surface area (Å²) in [7, 11) is 6.32.